The summed E-state index contributed by atoms with van der Waals surface area (Å²) in [5.74, 6) is 0. The Labute approximate surface area is 62.4 Å². The van der Waals surface area contributed by atoms with Gasteiger partial charge in [0.05, 0.1) is 0 Å². The maximum Gasteiger partial charge on any atom is 0.127 e. The Hall–Kier alpha value is -0.0800. The summed E-state index contributed by atoms with van der Waals surface area (Å²) in [6.07, 6.45) is 1.69. The molecule has 10 heavy (non-hydrogen) atoms. The monoisotopic (exact) mass is 144 g/mol. The molecule has 2 unspecified atom stereocenters. The summed E-state index contributed by atoms with van der Waals surface area (Å²) >= 11 is 0. The van der Waals surface area contributed by atoms with E-state index in [-0.39, 0.29) is 17.6 Å². The van der Waals surface area contributed by atoms with Crippen LogP contribution in [0, 0.1) is 5.41 Å². The van der Waals surface area contributed by atoms with Gasteiger partial charge in [-0.05, 0) is 18.8 Å². The van der Waals surface area contributed by atoms with Gasteiger partial charge >= 0.3 is 0 Å². The first kappa shape index (κ1) is 8.02. The number of hydrogen-bond donors (Lipinski definition) is 0. The summed E-state index contributed by atoms with van der Waals surface area (Å²) in [7, 11) is 0. The van der Waals surface area contributed by atoms with E-state index in [9.17, 15) is 0 Å². The van der Waals surface area contributed by atoms with Crippen LogP contribution >= 0.6 is 0 Å². The summed E-state index contributed by atoms with van der Waals surface area (Å²) < 4.78 is 0. The van der Waals surface area contributed by atoms with E-state index in [0.717, 1.165) is 6.42 Å². The molecule has 0 spiro atoms. The van der Waals surface area contributed by atoms with Crippen molar-refractivity contribution in [1.82, 2.24) is 0 Å². The summed E-state index contributed by atoms with van der Waals surface area (Å²) in [6, 6.07) is 0. The zero-order chi connectivity index (χ0) is 7.78. The molecule has 1 fully saturated rings. The van der Waals surface area contributed by atoms with Gasteiger partial charge in [-0.1, -0.05) is 20.8 Å². The third-order valence-electron chi connectivity index (χ3n) is 2.42. The lowest BCUT2D eigenvalue weighted by molar-refractivity contribution is -0.478. The molecule has 0 aromatic heterocycles. The lowest BCUT2D eigenvalue weighted by Gasteiger charge is -2.42. The maximum atomic E-state index is 5.00. The quantitative estimate of drug-likeness (QED) is 0.553. The first-order chi connectivity index (χ1) is 4.58. The van der Waals surface area contributed by atoms with Gasteiger partial charge in [-0.3, -0.25) is 0 Å². The van der Waals surface area contributed by atoms with Crippen molar-refractivity contribution in [2.75, 3.05) is 0 Å². The fourth-order valence-corrected chi connectivity index (χ4v) is 1.19. The Morgan fingerprint density at radius 1 is 1.30 bits per heavy atom. The van der Waals surface area contributed by atoms with Crippen LogP contribution in [0.15, 0.2) is 0 Å². The van der Waals surface area contributed by atoms with Gasteiger partial charge in [0, 0.05) is 0 Å². The Kier molecular flexibility index (Phi) is 2.02. The first-order valence-electron chi connectivity index (χ1n) is 3.90. The highest BCUT2D eigenvalue weighted by atomic mass is 17.2. The van der Waals surface area contributed by atoms with Crippen LogP contribution in [0.2, 0.25) is 0 Å². The van der Waals surface area contributed by atoms with Crippen molar-refractivity contribution >= 4 is 0 Å². The standard InChI is InChI=1S/C8H16O2/c1-5-8(3,4)7-6(2)9-10-7/h6-7H,5H2,1-4H3. The molecule has 2 atom stereocenters. The lowest BCUT2D eigenvalue weighted by Crippen LogP contribution is -2.49. The van der Waals surface area contributed by atoms with E-state index in [0.29, 0.717) is 0 Å². The maximum absolute atomic E-state index is 5.00. The summed E-state index contributed by atoms with van der Waals surface area (Å²) in [5.41, 5.74) is 0.262. The van der Waals surface area contributed by atoms with E-state index in [1.807, 2.05) is 6.92 Å². The summed E-state index contributed by atoms with van der Waals surface area (Å²) in [6.45, 7) is 8.63. The summed E-state index contributed by atoms with van der Waals surface area (Å²) in [4.78, 5) is 9.83. The average Bonchev–Trinajstić information content (AvgIpc) is 1.84. The molecule has 1 saturated heterocycles. The smallest absolute Gasteiger partial charge is 0.127 e. The normalized spacial score (nSPS) is 33.6. The third-order valence-corrected chi connectivity index (χ3v) is 2.42. The van der Waals surface area contributed by atoms with E-state index in [1.54, 1.807) is 0 Å². The fraction of sp³-hybridized carbons (Fsp3) is 1.00. The zero-order valence-electron chi connectivity index (χ0n) is 7.18. The van der Waals surface area contributed by atoms with Gasteiger partial charge in [-0.2, -0.15) is 0 Å². The van der Waals surface area contributed by atoms with Crippen LogP contribution in [-0.2, 0) is 9.78 Å². The molecular weight excluding hydrogens is 128 g/mol. The average molecular weight is 144 g/mol. The molecule has 0 bridgehead atoms. The zero-order valence-corrected chi connectivity index (χ0v) is 7.18. The largest absolute Gasteiger partial charge is 0.230 e. The van der Waals surface area contributed by atoms with Gasteiger partial charge < -0.3 is 0 Å². The van der Waals surface area contributed by atoms with Crippen LogP contribution in [0.3, 0.4) is 0 Å². The molecule has 2 heteroatoms. The van der Waals surface area contributed by atoms with Gasteiger partial charge in [-0.25, -0.2) is 9.78 Å². The molecule has 2 nitrogen and oxygen atoms in total. The van der Waals surface area contributed by atoms with Crippen molar-refractivity contribution in [3.8, 4) is 0 Å². The van der Waals surface area contributed by atoms with E-state index in [2.05, 4.69) is 20.8 Å². The number of rotatable bonds is 2. The third kappa shape index (κ3) is 1.18. The van der Waals surface area contributed by atoms with Crippen molar-refractivity contribution in [3.63, 3.8) is 0 Å². The second kappa shape index (κ2) is 2.51. The number of hydrogen-bond acceptors (Lipinski definition) is 2. The minimum absolute atomic E-state index is 0.262. The van der Waals surface area contributed by atoms with E-state index < -0.39 is 0 Å². The molecule has 1 aliphatic rings. The second-order valence-corrected chi connectivity index (χ2v) is 3.66. The van der Waals surface area contributed by atoms with E-state index >= 15 is 0 Å². The predicted molar refractivity (Wildman–Crippen MR) is 39.5 cm³/mol. The predicted octanol–water partition coefficient (Wildman–Crippen LogP) is 2.14. The van der Waals surface area contributed by atoms with Crippen molar-refractivity contribution in [1.29, 1.82) is 0 Å². The van der Waals surface area contributed by atoms with Crippen LogP contribution < -0.4 is 0 Å². The molecule has 60 valence electrons. The Balaban J connectivity index is 2.47. The van der Waals surface area contributed by atoms with Crippen molar-refractivity contribution < 1.29 is 9.78 Å². The highest BCUT2D eigenvalue weighted by Crippen LogP contribution is 2.35. The van der Waals surface area contributed by atoms with E-state index in [1.165, 1.54) is 0 Å². The van der Waals surface area contributed by atoms with Crippen LogP contribution in [0.1, 0.15) is 34.1 Å². The van der Waals surface area contributed by atoms with Crippen molar-refractivity contribution in [2.45, 2.75) is 46.3 Å². The molecule has 0 amide bonds. The van der Waals surface area contributed by atoms with Gasteiger partial charge in [0.2, 0.25) is 0 Å². The van der Waals surface area contributed by atoms with Crippen LogP contribution in [0.4, 0.5) is 0 Å². The van der Waals surface area contributed by atoms with Crippen molar-refractivity contribution in [2.24, 2.45) is 5.41 Å². The van der Waals surface area contributed by atoms with Crippen molar-refractivity contribution in [3.05, 3.63) is 0 Å². The molecule has 0 aromatic carbocycles. The molecule has 0 aliphatic carbocycles. The van der Waals surface area contributed by atoms with Crippen LogP contribution in [0.25, 0.3) is 0 Å². The minimum Gasteiger partial charge on any atom is -0.230 e. The fourth-order valence-electron chi connectivity index (χ4n) is 1.19. The Bertz CT molecular complexity index is 120. The van der Waals surface area contributed by atoms with Gasteiger partial charge in [0.25, 0.3) is 0 Å². The van der Waals surface area contributed by atoms with Gasteiger partial charge in [0.1, 0.15) is 12.2 Å². The van der Waals surface area contributed by atoms with Crippen LogP contribution in [-0.4, -0.2) is 12.2 Å². The molecule has 0 radical (unpaired) electrons. The topological polar surface area (TPSA) is 18.5 Å². The Morgan fingerprint density at radius 3 is 2.00 bits per heavy atom. The molecule has 1 rings (SSSR count). The lowest BCUT2D eigenvalue weighted by atomic mass is 9.81. The van der Waals surface area contributed by atoms with Crippen LogP contribution in [0.5, 0.6) is 0 Å². The molecule has 0 aromatic rings. The summed E-state index contributed by atoms with van der Waals surface area (Å²) in [5, 5.41) is 0. The second-order valence-electron chi connectivity index (χ2n) is 3.66. The highest BCUT2D eigenvalue weighted by Gasteiger charge is 2.42. The molecule has 1 aliphatic heterocycles. The molecule has 0 N–H and O–H groups in total. The van der Waals surface area contributed by atoms with Gasteiger partial charge in [0.15, 0.2) is 0 Å². The van der Waals surface area contributed by atoms with E-state index in [4.69, 9.17) is 9.78 Å². The Morgan fingerprint density at radius 2 is 1.90 bits per heavy atom. The molecule has 0 saturated carbocycles. The SMILES string of the molecule is CCC(C)(C)C1OOC1C. The molecular formula is C8H16O2. The first-order valence-corrected chi connectivity index (χ1v) is 3.90. The highest BCUT2D eigenvalue weighted by molar-refractivity contribution is 4.84. The van der Waals surface area contributed by atoms with Gasteiger partial charge in [-0.15, -0.1) is 0 Å². The molecule has 1 heterocycles. The minimum atomic E-state index is 0.262.